The van der Waals surface area contributed by atoms with Crippen LogP contribution in [0.4, 0.5) is 10.6 Å². The van der Waals surface area contributed by atoms with Gasteiger partial charge in [0, 0.05) is 35.5 Å². The third-order valence-corrected chi connectivity index (χ3v) is 6.15. The van der Waals surface area contributed by atoms with Crippen LogP contribution >= 0.6 is 11.6 Å². The summed E-state index contributed by atoms with van der Waals surface area (Å²) in [4.78, 5) is 28.1. The molecule has 2 aromatic rings. The fourth-order valence-electron chi connectivity index (χ4n) is 4.47. The van der Waals surface area contributed by atoms with E-state index in [-0.39, 0.29) is 23.3 Å². The summed E-state index contributed by atoms with van der Waals surface area (Å²) in [5, 5.41) is 7.91. The summed E-state index contributed by atoms with van der Waals surface area (Å²) in [6, 6.07) is 1.80. The van der Waals surface area contributed by atoms with Crippen LogP contribution in [-0.2, 0) is 22.5 Å². The number of ether oxygens (including phenoxy) is 1. The highest BCUT2D eigenvalue weighted by Crippen LogP contribution is 2.39. The quantitative estimate of drug-likeness (QED) is 0.765. The van der Waals surface area contributed by atoms with Crippen molar-refractivity contribution in [3.8, 4) is 11.1 Å². The molecular formula is C21H26ClN5O3. The van der Waals surface area contributed by atoms with Gasteiger partial charge in [0.1, 0.15) is 11.9 Å². The number of hydrogen-bond donors (Lipinski definition) is 2. The summed E-state index contributed by atoms with van der Waals surface area (Å²) in [5.74, 6) is 0.0367. The number of nitrogens with zero attached hydrogens (tertiary/aromatic N) is 3. The lowest BCUT2D eigenvalue weighted by molar-refractivity contribution is -0.122. The number of anilines is 1. The predicted octanol–water partition coefficient (Wildman–Crippen LogP) is 3.77. The highest BCUT2D eigenvalue weighted by Gasteiger charge is 2.32. The normalized spacial score (nSPS) is 22.4. The maximum Gasteiger partial charge on any atom is 0.404 e. The first-order valence-electron chi connectivity index (χ1n) is 10.2. The van der Waals surface area contributed by atoms with E-state index in [0.29, 0.717) is 17.3 Å². The molecule has 2 aliphatic rings. The first kappa shape index (κ1) is 20.7. The van der Waals surface area contributed by atoms with E-state index in [1.54, 1.807) is 12.3 Å². The molecule has 0 spiro atoms. The van der Waals surface area contributed by atoms with Crippen LogP contribution in [0.2, 0.25) is 5.02 Å². The number of halogens is 1. The summed E-state index contributed by atoms with van der Waals surface area (Å²) in [5.41, 5.74) is 8.18. The third kappa shape index (κ3) is 4.28. The Morgan fingerprint density at radius 3 is 2.87 bits per heavy atom. The number of nitrogens with one attached hydrogen (secondary N) is 1. The number of primary amides is 1. The predicted molar refractivity (Wildman–Crippen MR) is 113 cm³/mol. The maximum absolute atomic E-state index is 12.8. The van der Waals surface area contributed by atoms with Crippen molar-refractivity contribution < 1.29 is 14.3 Å². The molecule has 0 radical (unpaired) electrons. The zero-order valence-electron chi connectivity index (χ0n) is 17.2. The van der Waals surface area contributed by atoms with Crippen LogP contribution < -0.4 is 11.1 Å². The second-order valence-corrected chi connectivity index (χ2v) is 9.37. The minimum Gasteiger partial charge on any atom is -0.446 e. The van der Waals surface area contributed by atoms with Crippen LogP contribution in [0, 0.1) is 11.3 Å². The van der Waals surface area contributed by atoms with E-state index < -0.39 is 6.09 Å². The van der Waals surface area contributed by atoms with E-state index in [1.807, 2.05) is 10.9 Å². The van der Waals surface area contributed by atoms with Gasteiger partial charge in [-0.15, -0.1) is 0 Å². The fourth-order valence-corrected chi connectivity index (χ4v) is 4.67. The van der Waals surface area contributed by atoms with Gasteiger partial charge in [0.2, 0.25) is 5.91 Å². The Morgan fingerprint density at radius 2 is 2.10 bits per heavy atom. The molecule has 3 N–H and O–H groups in total. The maximum atomic E-state index is 12.8. The van der Waals surface area contributed by atoms with E-state index >= 15 is 0 Å². The van der Waals surface area contributed by atoms with Gasteiger partial charge in [-0.05, 0) is 43.6 Å². The van der Waals surface area contributed by atoms with Crippen molar-refractivity contribution >= 4 is 29.4 Å². The van der Waals surface area contributed by atoms with Crippen molar-refractivity contribution in [2.45, 2.75) is 58.6 Å². The summed E-state index contributed by atoms with van der Waals surface area (Å²) >= 11 is 6.44. The van der Waals surface area contributed by atoms with Crippen LogP contribution in [0.5, 0.6) is 0 Å². The van der Waals surface area contributed by atoms with Gasteiger partial charge in [0.05, 0.1) is 11.2 Å². The molecule has 0 aromatic carbocycles. The molecule has 2 amide bonds. The average Bonchev–Trinajstić information content (AvgIpc) is 3.18. The lowest BCUT2D eigenvalue weighted by Gasteiger charge is -2.27. The number of nitrogens with two attached hydrogens (primary N) is 1. The lowest BCUT2D eigenvalue weighted by atomic mass is 9.86. The Labute approximate surface area is 180 Å². The van der Waals surface area contributed by atoms with Gasteiger partial charge in [0.15, 0.2) is 0 Å². The van der Waals surface area contributed by atoms with E-state index in [0.717, 1.165) is 49.0 Å². The molecule has 9 heteroatoms. The number of carbonyl (C=O) groups is 2. The molecule has 3 heterocycles. The smallest absolute Gasteiger partial charge is 0.404 e. The van der Waals surface area contributed by atoms with Gasteiger partial charge in [-0.1, -0.05) is 25.4 Å². The number of aromatic nitrogens is 3. The largest absolute Gasteiger partial charge is 0.446 e. The van der Waals surface area contributed by atoms with Gasteiger partial charge in [-0.2, -0.15) is 5.10 Å². The van der Waals surface area contributed by atoms with Gasteiger partial charge in [-0.3, -0.25) is 9.48 Å². The molecule has 1 aliphatic carbocycles. The molecule has 0 saturated heterocycles. The minimum absolute atomic E-state index is 0.144. The summed E-state index contributed by atoms with van der Waals surface area (Å²) in [7, 11) is 0. The number of amides is 2. The lowest BCUT2D eigenvalue weighted by Crippen LogP contribution is -2.33. The summed E-state index contributed by atoms with van der Waals surface area (Å²) in [6.07, 6.45) is 5.87. The Morgan fingerprint density at radius 1 is 1.30 bits per heavy atom. The fraction of sp³-hybridized carbons (Fsp3) is 0.524. The zero-order valence-corrected chi connectivity index (χ0v) is 17.9. The van der Waals surface area contributed by atoms with E-state index in [1.165, 1.54) is 0 Å². The van der Waals surface area contributed by atoms with Gasteiger partial charge >= 0.3 is 6.09 Å². The Bertz CT molecular complexity index is 987. The van der Waals surface area contributed by atoms with E-state index in [9.17, 15) is 9.59 Å². The molecule has 4 rings (SSSR count). The van der Waals surface area contributed by atoms with Crippen LogP contribution in [-0.4, -0.2) is 32.9 Å². The molecule has 2 aromatic heterocycles. The van der Waals surface area contributed by atoms with Crippen molar-refractivity contribution in [3.05, 3.63) is 29.2 Å². The second kappa shape index (κ2) is 7.91. The monoisotopic (exact) mass is 431 g/mol. The number of hydrogen-bond acceptors (Lipinski definition) is 5. The first-order valence-corrected chi connectivity index (χ1v) is 10.6. The van der Waals surface area contributed by atoms with Crippen LogP contribution in [0.25, 0.3) is 11.1 Å². The molecule has 1 aliphatic heterocycles. The molecule has 0 unspecified atom stereocenters. The molecule has 160 valence electrons. The highest BCUT2D eigenvalue weighted by molar-refractivity contribution is 6.33. The van der Waals surface area contributed by atoms with Crippen molar-refractivity contribution in [1.82, 2.24) is 14.8 Å². The van der Waals surface area contributed by atoms with Crippen molar-refractivity contribution in [2.75, 3.05) is 5.32 Å². The van der Waals surface area contributed by atoms with Crippen LogP contribution in [0.3, 0.4) is 0 Å². The number of fused-ring (bicyclic) bond motifs is 1. The topological polar surface area (TPSA) is 112 Å². The minimum atomic E-state index is -0.804. The molecule has 8 nitrogen and oxygen atoms in total. The SMILES string of the molecule is CC1(C)Cc2c(-c3cc(NC(=O)[C@H]4CCC[C@@H](OC(N)=O)C4)ncc3Cl)cnn2C1. The third-order valence-electron chi connectivity index (χ3n) is 5.85. The Balaban J connectivity index is 1.51. The average molecular weight is 432 g/mol. The number of rotatable bonds is 4. The van der Waals surface area contributed by atoms with Gasteiger partial charge < -0.3 is 15.8 Å². The first-order chi connectivity index (χ1) is 14.2. The van der Waals surface area contributed by atoms with Crippen LogP contribution in [0.1, 0.15) is 45.2 Å². The molecular weight excluding hydrogens is 406 g/mol. The zero-order chi connectivity index (χ0) is 21.5. The van der Waals surface area contributed by atoms with Gasteiger partial charge in [-0.25, -0.2) is 9.78 Å². The van der Waals surface area contributed by atoms with Crippen LogP contribution in [0.15, 0.2) is 18.5 Å². The van der Waals surface area contributed by atoms with Gasteiger partial charge in [0.25, 0.3) is 0 Å². The molecule has 2 atom stereocenters. The molecule has 30 heavy (non-hydrogen) atoms. The molecule has 1 fully saturated rings. The second-order valence-electron chi connectivity index (χ2n) is 8.96. The summed E-state index contributed by atoms with van der Waals surface area (Å²) in [6.45, 7) is 5.29. The van der Waals surface area contributed by atoms with Crippen molar-refractivity contribution in [3.63, 3.8) is 0 Å². The van der Waals surface area contributed by atoms with Crippen molar-refractivity contribution in [1.29, 1.82) is 0 Å². The van der Waals surface area contributed by atoms with E-state index in [4.69, 9.17) is 22.1 Å². The van der Waals surface area contributed by atoms with E-state index in [2.05, 4.69) is 29.2 Å². The standard InChI is InChI=1S/C21H26ClN5O3/c1-21(2)8-17-15(9-25-27(17)11-21)14-7-18(24-10-16(14)22)26-19(28)12-4-3-5-13(6-12)30-20(23)29/h7,9-10,12-13H,3-6,8,11H2,1-2H3,(H2,23,29)(H,24,26,28)/t12-,13+/m0/s1. The Kier molecular flexibility index (Phi) is 5.44. The number of pyridine rings is 1. The molecule has 1 saturated carbocycles. The summed E-state index contributed by atoms with van der Waals surface area (Å²) < 4.78 is 7.10. The number of carbonyl (C=O) groups excluding carboxylic acids is 2. The molecule has 0 bridgehead atoms. The van der Waals surface area contributed by atoms with Crippen molar-refractivity contribution in [2.24, 2.45) is 17.1 Å². The Hall–Kier alpha value is -2.61. The highest BCUT2D eigenvalue weighted by atomic mass is 35.5.